The summed E-state index contributed by atoms with van der Waals surface area (Å²) in [6.45, 7) is 0. The van der Waals surface area contributed by atoms with Gasteiger partial charge in [-0.1, -0.05) is 0 Å². The lowest BCUT2D eigenvalue weighted by molar-refractivity contribution is 0.603. The maximum atomic E-state index is 11.7. The molecule has 0 fully saturated rings. The molecule has 2 rings (SSSR count). The lowest BCUT2D eigenvalue weighted by Gasteiger charge is -2.01. The second kappa shape index (κ2) is 3.95. The van der Waals surface area contributed by atoms with E-state index in [9.17, 15) is 8.42 Å². The summed E-state index contributed by atoms with van der Waals surface area (Å²) in [5, 5.41) is 6.17. The number of hydrogen-bond donors (Lipinski definition) is 2. The molecule has 0 unspecified atom stereocenters. The van der Waals surface area contributed by atoms with E-state index in [2.05, 4.69) is 30.8 Å². The Hall–Kier alpha value is -0.860. The molecule has 0 saturated carbocycles. The summed E-state index contributed by atoms with van der Waals surface area (Å²) in [5.74, 6) is 0.347. The van der Waals surface area contributed by atoms with Gasteiger partial charge in [0, 0.05) is 6.07 Å². The highest BCUT2D eigenvalue weighted by molar-refractivity contribution is 9.11. The molecule has 0 aliphatic carbocycles. The number of anilines is 1. The summed E-state index contributed by atoms with van der Waals surface area (Å²) in [6, 6.07) is 4.76. The standard InChI is InChI=1S/C7H6BrN3O2S2/c8-5-1-2-7(14-5)15(12,13)11-6-3-4-9-10-6/h1-4H,(H2,9,10,11). The molecule has 0 atom stereocenters. The fourth-order valence-electron chi connectivity index (χ4n) is 0.950. The SMILES string of the molecule is O=S(=O)(Nc1ccn[nH]1)c1ccc(Br)s1. The summed E-state index contributed by atoms with van der Waals surface area (Å²) in [6.07, 6.45) is 1.47. The van der Waals surface area contributed by atoms with Gasteiger partial charge in [0.05, 0.1) is 9.98 Å². The molecule has 80 valence electrons. The average Bonchev–Trinajstić information content (AvgIpc) is 2.75. The largest absolute Gasteiger partial charge is 0.272 e. The highest BCUT2D eigenvalue weighted by atomic mass is 79.9. The monoisotopic (exact) mass is 307 g/mol. The molecular weight excluding hydrogens is 302 g/mol. The van der Waals surface area contributed by atoms with E-state index in [1.165, 1.54) is 12.3 Å². The Morgan fingerprint density at radius 2 is 2.20 bits per heavy atom. The molecule has 0 spiro atoms. The van der Waals surface area contributed by atoms with Gasteiger partial charge in [0.1, 0.15) is 10.0 Å². The molecule has 0 aliphatic heterocycles. The fourth-order valence-corrected chi connectivity index (χ4v) is 3.98. The van der Waals surface area contributed by atoms with Gasteiger partial charge in [-0.25, -0.2) is 8.42 Å². The maximum Gasteiger partial charge on any atom is 0.272 e. The van der Waals surface area contributed by atoms with Crippen molar-refractivity contribution in [2.24, 2.45) is 0 Å². The Labute approximate surface area is 98.7 Å². The molecule has 0 amide bonds. The number of nitrogens with zero attached hydrogens (tertiary/aromatic N) is 1. The summed E-state index contributed by atoms with van der Waals surface area (Å²) < 4.78 is 26.9. The Morgan fingerprint density at radius 1 is 1.40 bits per heavy atom. The maximum absolute atomic E-state index is 11.7. The van der Waals surface area contributed by atoms with Crippen LogP contribution in [0.15, 0.2) is 32.4 Å². The quantitative estimate of drug-likeness (QED) is 0.911. The van der Waals surface area contributed by atoms with E-state index in [1.807, 2.05) is 0 Å². The van der Waals surface area contributed by atoms with E-state index < -0.39 is 10.0 Å². The summed E-state index contributed by atoms with van der Waals surface area (Å²) in [5.41, 5.74) is 0. The number of nitrogens with one attached hydrogen (secondary N) is 2. The highest BCUT2D eigenvalue weighted by Crippen LogP contribution is 2.27. The van der Waals surface area contributed by atoms with Crippen molar-refractivity contribution in [1.29, 1.82) is 0 Å². The second-order valence-electron chi connectivity index (χ2n) is 2.63. The van der Waals surface area contributed by atoms with Crippen LogP contribution in [0.5, 0.6) is 0 Å². The number of aromatic amines is 1. The van der Waals surface area contributed by atoms with Gasteiger partial charge in [-0.15, -0.1) is 11.3 Å². The number of H-pyrrole nitrogens is 1. The number of halogens is 1. The molecular formula is C7H6BrN3O2S2. The smallest absolute Gasteiger partial charge is 0.263 e. The van der Waals surface area contributed by atoms with Crippen LogP contribution < -0.4 is 4.72 Å². The molecule has 2 N–H and O–H groups in total. The van der Waals surface area contributed by atoms with Crippen LogP contribution >= 0.6 is 27.3 Å². The van der Waals surface area contributed by atoms with Crippen molar-refractivity contribution in [3.63, 3.8) is 0 Å². The number of thiophene rings is 1. The van der Waals surface area contributed by atoms with Gasteiger partial charge in [0.15, 0.2) is 0 Å². The van der Waals surface area contributed by atoms with Gasteiger partial charge in [-0.2, -0.15) is 5.10 Å². The van der Waals surface area contributed by atoms with Crippen LogP contribution in [0.3, 0.4) is 0 Å². The molecule has 2 aromatic heterocycles. The first-order valence-corrected chi connectivity index (χ1v) is 6.95. The summed E-state index contributed by atoms with van der Waals surface area (Å²) in [4.78, 5) is 0. The first-order valence-electron chi connectivity index (χ1n) is 3.85. The van der Waals surface area contributed by atoms with Crippen LogP contribution in [0.1, 0.15) is 0 Å². The van der Waals surface area contributed by atoms with Gasteiger partial charge in [0.2, 0.25) is 0 Å². The van der Waals surface area contributed by atoms with Gasteiger partial charge in [-0.3, -0.25) is 9.82 Å². The van der Waals surface area contributed by atoms with E-state index in [0.717, 1.165) is 15.1 Å². The molecule has 8 heteroatoms. The minimum Gasteiger partial charge on any atom is -0.263 e. The van der Waals surface area contributed by atoms with Crippen molar-refractivity contribution >= 4 is 43.1 Å². The van der Waals surface area contributed by atoms with Gasteiger partial charge < -0.3 is 0 Å². The summed E-state index contributed by atoms with van der Waals surface area (Å²) in [7, 11) is -3.50. The minimum atomic E-state index is -3.50. The van der Waals surface area contributed by atoms with E-state index >= 15 is 0 Å². The third-order valence-electron chi connectivity index (χ3n) is 1.56. The van der Waals surface area contributed by atoms with E-state index in [-0.39, 0.29) is 4.21 Å². The van der Waals surface area contributed by atoms with E-state index in [0.29, 0.717) is 5.82 Å². The molecule has 2 aromatic rings. The molecule has 0 bridgehead atoms. The van der Waals surface area contributed by atoms with E-state index in [4.69, 9.17) is 0 Å². The predicted molar refractivity (Wildman–Crippen MR) is 61.4 cm³/mol. The summed E-state index contributed by atoms with van der Waals surface area (Å²) >= 11 is 4.36. The molecule has 0 aliphatic rings. The zero-order chi connectivity index (χ0) is 10.9. The molecule has 0 aromatic carbocycles. The Bertz CT molecular complexity index is 547. The third-order valence-corrected chi connectivity index (χ3v) is 5.04. The Balaban J connectivity index is 2.28. The number of sulfonamides is 1. The first-order chi connectivity index (χ1) is 7.08. The van der Waals surface area contributed by atoms with Crippen molar-refractivity contribution < 1.29 is 8.42 Å². The number of rotatable bonds is 3. The second-order valence-corrected chi connectivity index (χ2v) is 7.01. The van der Waals surface area contributed by atoms with Crippen molar-refractivity contribution in [3.8, 4) is 0 Å². The van der Waals surface area contributed by atoms with Crippen LogP contribution in [0.25, 0.3) is 0 Å². The lowest BCUT2D eigenvalue weighted by Crippen LogP contribution is -2.11. The minimum absolute atomic E-state index is 0.254. The van der Waals surface area contributed by atoms with Gasteiger partial charge in [0.25, 0.3) is 10.0 Å². The highest BCUT2D eigenvalue weighted by Gasteiger charge is 2.16. The lowest BCUT2D eigenvalue weighted by atomic mass is 10.7. The van der Waals surface area contributed by atoms with E-state index in [1.54, 1.807) is 12.1 Å². The predicted octanol–water partition coefficient (Wildman–Crippen LogP) is 2.03. The van der Waals surface area contributed by atoms with Gasteiger partial charge >= 0.3 is 0 Å². The normalized spacial score (nSPS) is 11.5. The number of aromatic nitrogens is 2. The van der Waals surface area contributed by atoms with Crippen LogP contribution in [-0.2, 0) is 10.0 Å². The zero-order valence-electron chi connectivity index (χ0n) is 7.27. The molecule has 15 heavy (non-hydrogen) atoms. The van der Waals surface area contributed by atoms with Crippen molar-refractivity contribution in [1.82, 2.24) is 10.2 Å². The topological polar surface area (TPSA) is 74.8 Å². The van der Waals surface area contributed by atoms with Gasteiger partial charge in [-0.05, 0) is 28.1 Å². The van der Waals surface area contributed by atoms with Crippen molar-refractivity contribution in [3.05, 3.63) is 28.2 Å². The number of hydrogen-bond acceptors (Lipinski definition) is 4. The van der Waals surface area contributed by atoms with Crippen LogP contribution in [0.4, 0.5) is 5.82 Å². The fraction of sp³-hybridized carbons (Fsp3) is 0. The molecule has 5 nitrogen and oxygen atoms in total. The van der Waals surface area contributed by atoms with Crippen molar-refractivity contribution in [2.75, 3.05) is 4.72 Å². The molecule has 0 saturated heterocycles. The average molecular weight is 308 g/mol. The molecule has 0 radical (unpaired) electrons. The Morgan fingerprint density at radius 3 is 2.73 bits per heavy atom. The third kappa shape index (κ3) is 2.39. The molecule has 2 heterocycles. The first kappa shape index (κ1) is 10.7. The Kier molecular flexibility index (Phi) is 2.81. The van der Waals surface area contributed by atoms with Crippen LogP contribution in [-0.4, -0.2) is 18.6 Å². The van der Waals surface area contributed by atoms with Crippen LogP contribution in [0.2, 0.25) is 0 Å². The zero-order valence-corrected chi connectivity index (χ0v) is 10.5. The van der Waals surface area contributed by atoms with Crippen molar-refractivity contribution in [2.45, 2.75) is 4.21 Å². The van der Waals surface area contributed by atoms with Crippen LogP contribution in [0, 0.1) is 0 Å².